The number of rotatable bonds is 7. The normalized spacial score (nSPS) is 14.9. The zero-order chi connectivity index (χ0) is 20.5. The zero-order valence-corrected chi connectivity index (χ0v) is 17.9. The second kappa shape index (κ2) is 7.97. The topological polar surface area (TPSA) is 50.5 Å². The highest BCUT2D eigenvalue weighted by molar-refractivity contribution is 5.77. The van der Waals surface area contributed by atoms with E-state index >= 15 is 0 Å². The second-order valence-electron chi connectivity index (χ2n) is 8.40. The van der Waals surface area contributed by atoms with Gasteiger partial charge in [-0.1, -0.05) is 30.3 Å². The summed E-state index contributed by atoms with van der Waals surface area (Å²) >= 11 is 0. The van der Waals surface area contributed by atoms with Crippen LogP contribution in [-0.4, -0.2) is 31.4 Å². The van der Waals surface area contributed by atoms with Crippen molar-refractivity contribution in [1.29, 1.82) is 0 Å². The Hall–Kier alpha value is -2.69. The number of hydrogen-bond acceptors (Lipinski definition) is 3. The van der Waals surface area contributed by atoms with E-state index in [-0.39, 0.29) is 5.91 Å². The predicted octanol–water partition coefficient (Wildman–Crippen LogP) is 4.41. The lowest BCUT2D eigenvalue weighted by atomic mass is 10.0. The van der Waals surface area contributed by atoms with Crippen LogP contribution in [0.3, 0.4) is 0 Å². The third-order valence-electron chi connectivity index (χ3n) is 6.19. The van der Waals surface area contributed by atoms with E-state index in [4.69, 9.17) is 4.98 Å². The number of aryl methyl sites for hydroxylation is 3. The SMILES string of the molecule is Cc1cc2nc(C)c(CCC(=O)N(Cc3ccccc3)C(C)C3CC3)c(C)n2n1. The molecule has 1 atom stereocenters. The Bertz CT molecular complexity index is 1020. The number of benzene rings is 1. The Balaban J connectivity index is 1.52. The number of amides is 1. The van der Waals surface area contributed by atoms with E-state index in [0.29, 0.717) is 31.3 Å². The van der Waals surface area contributed by atoms with Gasteiger partial charge in [-0.25, -0.2) is 9.50 Å². The highest BCUT2D eigenvalue weighted by Gasteiger charge is 2.34. The summed E-state index contributed by atoms with van der Waals surface area (Å²) in [6.07, 6.45) is 3.66. The van der Waals surface area contributed by atoms with Crippen LogP contribution >= 0.6 is 0 Å². The number of hydrogen-bond donors (Lipinski definition) is 0. The first-order chi connectivity index (χ1) is 13.9. The maximum absolute atomic E-state index is 13.3. The summed E-state index contributed by atoms with van der Waals surface area (Å²) in [4.78, 5) is 20.0. The van der Waals surface area contributed by atoms with E-state index in [9.17, 15) is 4.79 Å². The minimum absolute atomic E-state index is 0.226. The summed E-state index contributed by atoms with van der Waals surface area (Å²) < 4.78 is 1.90. The fraction of sp³-hybridized carbons (Fsp3) is 0.458. The number of nitrogens with zero attached hydrogens (tertiary/aromatic N) is 4. The summed E-state index contributed by atoms with van der Waals surface area (Å²) in [6.45, 7) is 8.97. The fourth-order valence-corrected chi connectivity index (χ4v) is 4.25. The molecule has 0 bridgehead atoms. The summed E-state index contributed by atoms with van der Waals surface area (Å²) in [6, 6.07) is 12.6. The van der Waals surface area contributed by atoms with Gasteiger partial charge in [-0.3, -0.25) is 4.79 Å². The predicted molar refractivity (Wildman–Crippen MR) is 115 cm³/mol. The van der Waals surface area contributed by atoms with Crippen LogP contribution in [0.2, 0.25) is 0 Å². The molecule has 0 saturated heterocycles. The lowest BCUT2D eigenvalue weighted by Gasteiger charge is -2.30. The lowest BCUT2D eigenvalue weighted by molar-refractivity contribution is -0.134. The van der Waals surface area contributed by atoms with Crippen molar-refractivity contribution in [3.8, 4) is 0 Å². The van der Waals surface area contributed by atoms with Crippen LogP contribution < -0.4 is 0 Å². The minimum Gasteiger partial charge on any atom is -0.335 e. The molecule has 5 nitrogen and oxygen atoms in total. The molecule has 0 radical (unpaired) electrons. The van der Waals surface area contributed by atoms with Crippen molar-refractivity contribution in [2.75, 3.05) is 0 Å². The van der Waals surface area contributed by atoms with Crippen LogP contribution in [0.15, 0.2) is 36.4 Å². The van der Waals surface area contributed by atoms with Gasteiger partial charge in [0.25, 0.3) is 0 Å². The standard InChI is InChI=1S/C24H30N4O/c1-16-14-23-25-17(2)22(19(4)28(23)26-16)12-13-24(29)27(18(3)21-10-11-21)15-20-8-6-5-7-9-20/h5-9,14,18,21H,10-13,15H2,1-4H3. The molecule has 0 N–H and O–H groups in total. The van der Waals surface area contributed by atoms with Crippen LogP contribution in [0.4, 0.5) is 0 Å². The van der Waals surface area contributed by atoms with Gasteiger partial charge in [0.2, 0.25) is 5.91 Å². The molecule has 4 rings (SSSR count). The molecule has 2 heterocycles. The van der Waals surface area contributed by atoms with Crippen molar-refractivity contribution in [3.05, 3.63) is 64.6 Å². The Morgan fingerprint density at radius 3 is 2.62 bits per heavy atom. The van der Waals surface area contributed by atoms with Crippen molar-refractivity contribution in [2.24, 2.45) is 5.92 Å². The van der Waals surface area contributed by atoms with Gasteiger partial charge in [0.15, 0.2) is 5.65 Å². The van der Waals surface area contributed by atoms with E-state index in [2.05, 4.69) is 36.0 Å². The summed E-state index contributed by atoms with van der Waals surface area (Å²) in [5.41, 5.74) is 6.23. The highest BCUT2D eigenvalue weighted by atomic mass is 16.2. The minimum atomic E-state index is 0.226. The fourth-order valence-electron chi connectivity index (χ4n) is 4.25. The number of fused-ring (bicyclic) bond motifs is 1. The molecular weight excluding hydrogens is 360 g/mol. The molecule has 1 aliphatic carbocycles. The van der Waals surface area contributed by atoms with Crippen LogP contribution in [-0.2, 0) is 17.8 Å². The van der Waals surface area contributed by atoms with E-state index in [0.717, 1.165) is 28.3 Å². The first-order valence-corrected chi connectivity index (χ1v) is 10.6. The Labute approximate surface area is 172 Å². The van der Waals surface area contributed by atoms with E-state index in [1.807, 2.05) is 42.6 Å². The smallest absolute Gasteiger partial charge is 0.223 e. The lowest BCUT2D eigenvalue weighted by Crippen LogP contribution is -2.39. The summed E-state index contributed by atoms with van der Waals surface area (Å²) in [5.74, 6) is 0.875. The van der Waals surface area contributed by atoms with Crippen molar-refractivity contribution in [1.82, 2.24) is 19.5 Å². The molecular formula is C24H30N4O. The maximum atomic E-state index is 13.3. The van der Waals surface area contributed by atoms with Crippen LogP contribution in [0.25, 0.3) is 5.65 Å². The zero-order valence-electron chi connectivity index (χ0n) is 17.9. The monoisotopic (exact) mass is 390 g/mol. The van der Waals surface area contributed by atoms with Gasteiger partial charge < -0.3 is 4.90 Å². The number of carbonyl (C=O) groups excluding carboxylic acids is 1. The molecule has 0 aliphatic heterocycles. The molecule has 2 aromatic heterocycles. The largest absolute Gasteiger partial charge is 0.335 e. The second-order valence-corrected chi connectivity index (χ2v) is 8.40. The van der Waals surface area contributed by atoms with Gasteiger partial charge in [-0.05, 0) is 64.0 Å². The third kappa shape index (κ3) is 4.19. The van der Waals surface area contributed by atoms with E-state index < -0.39 is 0 Å². The van der Waals surface area contributed by atoms with Crippen molar-refractivity contribution >= 4 is 11.6 Å². The Morgan fingerprint density at radius 2 is 1.93 bits per heavy atom. The van der Waals surface area contributed by atoms with Crippen LogP contribution in [0.1, 0.15) is 54.4 Å². The first-order valence-electron chi connectivity index (χ1n) is 10.6. The first kappa shape index (κ1) is 19.6. The quantitative estimate of drug-likeness (QED) is 0.600. The van der Waals surface area contributed by atoms with Gasteiger partial charge in [-0.15, -0.1) is 0 Å². The van der Waals surface area contributed by atoms with Gasteiger partial charge in [0.05, 0.1) is 5.69 Å². The van der Waals surface area contributed by atoms with Gasteiger partial charge in [-0.2, -0.15) is 5.10 Å². The van der Waals surface area contributed by atoms with E-state index in [1.54, 1.807) is 0 Å². The van der Waals surface area contributed by atoms with Crippen molar-refractivity contribution < 1.29 is 4.79 Å². The molecule has 0 spiro atoms. The van der Waals surface area contributed by atoms with Gasteiger partial charge in [0.1, 0.15) is 0 Å². The summed E-state index contributed by atoms with van der Waals surface area (Å²) in [7, 11) is 0. The van der Waals surface area contributed by atoms with Crippen LogP contribution in [0.5, 0.6) is 0 Å². The molecule has 29 heavy (non-hydrogen) atoms. The average molecular weight is 391 g/mol. The van der Waals surface area contributed by atoms with Gasteiger partial charge >= 0.3 is 0 Å². The Kier molecular flexibility index (Phi) is 5.39. The number of aromatic nitrogens is 3. The molecule has 1 saturated carbocycles. The van der Waals surface area contributed by atoms with E-state index in [1.165, 1.54) is 18.4 Å². The molecule has 3 aromatic rings. The maximum Gasteiger partial charge on any atom is 0.223 e. The summed E-state index contributed by atoms with van der Waals surface area (Å²) in [5, 5.41) is 4.55. The molecule has 1 aromatic carbocycles. The molecule has 1 unspecified atom stereocenters. The molecule has 1 amide bonds. The Morgan fingerprint density at radius 1 is 1.21 bits per heavy atom. The van der Waals surface area contributed by atoms with Crippen molar-refractivity contribution in [3.63, 3.8) is 0 Å². The highest BCUT2D eigenvalue weighted by Crippen LogP contribution is 2.36. The molecule has 1 aliphatic rings. The van der Waals surface area contributed by atoms with Crippen molar-refractivity contribution in [2.45, 2.75) is 66.0 Å². The molecule has 1 fully saturated rings. The third-order valence-corrected chi connectivity index (χ3v) is 6.19. The molecule has 152 valence electrons. The number of carbonyl (C=O) groups is 1. The average Bonchev–Trinajstić information content (AvgIpc) is 3.48. The van der Waals surface area contributed by atoms with Gasteiger partial charge in [0, 0.05) is 36.5 Å². The van der Waals surface area contributed by atoms with Crippen LogP contribution in [0, 0.1) is 26.7 Å². The molecule has 5 heteroatoms.